The molecule has 2 saturated carbocycles. The number of nitriles is 1. The highest BCUT2D eigenvalue weighted by Gasteiger charge is 2.47. The van der Waals surface area contributed by atoms with Gasteiger partial charge >= 0.3 is 6.36 Å². The van der Waals surface area contributed by atoms with E-state index in [1.165, 1.54) is 24.3 Å². The first kappa shape index (κ1) is 30.3. The molecule has 0 unspecified atom stereocenters. The van der Waals surface area contributed by atoms with E-state index < -0.39 is 22.5 Å². The van der Waals surface area contributed by atoms with Crippen molar-refractivity contribution in [1.82, 2.24) is 15.1 Å². The summed E-state index contributed by atoms with van der Waals surface area (Å²) in [6.07, 6.45) is 1.53. The molecule has 0 bridgehead atoms. The minimum Gasteiger partial charge on any atom is -0.406 e. The Morgan fingerprint density at radius 3 is 2.27 bits per heavy atom. The van der Waals surface area contributed by atoms with E-state index in [1.54, 1.807) is 4.68 Å². The minimum absolute atomic E-state index is 0.144. The van der Waals surface area contributed by atoms with Crippen LogP contribution in [0.15, 0.2) is 54.7 Å². The number of halogens is 3. The number of hydrogen-bond acceptors (Lipinski definition) is 7. The summed E-state index contributed by atoms with van der Waals surface area (Å²) in [5, 5.41) is 17.5. The molecule has 2 aromatic carbocycles. The molecule has 2 atom stereocenters. The Kier molecular flexibility index (Phi) is 8.02. The lowest BCUT2D eigenvalue weighted by Gasteiger charge is -2.41. The number of benzene rings is 2. The predicted octanol–water partition coefficient (Wildman–Crippen LogP) is 6.45. The van der Waals surface area contributed by atoms with Gasteiger partial charge in [-0.05, 0) is 67.6 Å². The van der Waals surface area contributed by atoms with Gasteiger partial charge in [-0.3, -0.25) is 13.9 Å². The molecular formula is C31H34F3N5O4S. The van der Waals surface area contributed by atoms with E-state index in [2.05, 4.69) is 21.0 Å². The molecule has 234 valence electrons. The summed E-state index contributed by atoms with van der Waals surface area (Å²) in [5.74, 6) is -0.401. The van der Waals surface area contributed by atoms with E-state index in [9.17, 15) is 32.3 Å². The standard InChI is InChI=1S/C31H34F3N5O4S/c32-31(33,34)43-24-11-9-23(10-12-24)39-19-27(21-5-7-22(8-6-21)38-15-17-44(41,42)18-16-38)28(37-39)25-3-1-2-4-26(25)29(40)36-30(20-35)13-14-30/h5-12,19,25-26,41-42H,1-4,13-18H2,(H,36,40)/t25-,26-/m1/s1. The van der Waals surface area contributed by atoms with Crippen LogP contribution in [0.4, 0.5) is 18.9 Å². The van der Waals surface area contributed by atoms with Gasteiger partial charge in [-0.1, -0.05) is 25.0 Å². The first-order valence-electron chi connectivity index (χ1n) is 14.7. The highest BCUT2D eigenvalue weighted by molar-refractivity contribution is 8.24. The van der Waals surface area contributed by atoms with Gasteiger partial charge in [0.25, 0.3) is 0 Å². The zero-order valence-electron chi connectivity index (χ0n) is 24.0. The van der Waals surface area contributed by atoms with Crippen molar-refractivity contribution in [1.29, 1.82) is 5.26 Å². The number of rotatable bonds is 7. The van der Waals surface area contributed by atoms with Crippen LogP contribution in [0, 0.1) is 17.2 Å². The fourth-order valence-electron chi connectivity index (χ4n) is 6.14. The Bertz CT molecular complexity index is 1540. The fourth-order valence-corrected chi connectivity index (χ4v) is 7.37. The highest BCUT2D eigenvalue weighted by atomic mass is 32.3. The van der Waals surface area contributed by atoms with Crippen molar-refractivity contribution in [2.75, 3.05) is 29.5 Å². The summed E-state index contributed by atoms with van der Waals surface area (Å²) in [6.45, 7) is 1.09. The first-order chi connectivity index (χ1) is 20.9. The summed E-state index contributed by atoms with van der Waals surface area (Å²) >= 11 is 0. The monoisotopic (exact) mass is 629 g/mol. The van der Waals surface area contributed by atoms with Crippen molar-refractivity contribution < 1.29 is 31.8 Å². The van der Waals surface area contributed by atoms with Crippen molar-refractivity contribution >= 4 is 22.2 Å². The molecule has 0 radical (unpaired) electrons. The smallest absolute Gasteiger partial charge is 0.406 e. The number of amides is 1. The number of nitrogens with zero attached hydrogens (tertiary/aromatic N) is 4. The van der Waals surface area contributed by atoms with Gasteiger partial charge in [0.1, 0.15) is 11.3 Å². The summed E-state index contributed by atoms with van der Waals surface area (Å²) in [4.78, 5) is 15.6. The maximum Gasteiger partial charge on any atom is 0.573 e. The Labute approximate surface area is 255 Å². The van der Waals surface area contributed by atoms with Gasteiger partial charge in [0.2, 0.25) is 5.91 Å². The lowest BCUT2D eigenvalue weighted by atomic mass is 9.75. The predicted molar refractivity (Wildman–Crippen MR) is 161 cm³/mol. The van der Waals surface area contributed by atoms with Crippen LogP contribution in [-0.2, 0) is 4.79 Å². The van der Waals surface area contributed by atoms with E-state index in [4.69, 9.17) is 5.10 Å². The van der Waals surface area contributed by atoms with Crippen LogP contribution in [-0.4, -0.2) is 61.3 Å². The molecule has 1 saturated heterocycles. The van der Waals surface area contributed by atoms with Gasteiger partial charge < -0.3 is 15.0 Å². The van der Waals surface area contributed by atoms with Crippen LogP contribution in [0.25, 0.3) is 16.8 Å². The zero-order chi connectivity index (χ0) is 31.1. The molecule has 1 amide bonds. The Hall–Kier alpha value is -3.73. The molecule has 2 aliphatic carbocycles. The van der Waals surface area contributed by atoms with Gasteiger partial charge in [0.15, 0.2) is 0 Å². The third kappa shape index (κ3) is 6.67. The molecule has 3 aromatic rings. The zero-order valence-corrected chi connectivity index (χ0v) is 24.8. The average Bonchev–Trinajstić information content (AvgIpc) is 3.63. The Morgan fingerprint density at radius 1 is 1.02 bits per heavy atom. The van der Waals surface area contributed by atoms with Crippen LogP contribution in [0.5, 0.6) is 5.75 Å². The molecule has 3 N–H and O–H groups in total. The summed E-state index contributed by atoms with van der Waals surface area (Å²) in [6, 6.07) is 15.6. The number of hydrogen-bond donors (Lipinski definition) is 3. The van der Waals surface area contributed by atoms with Crippen molar-refractivity contribution in [2.24, 2.45) is 5.92 Å². The molecule has 1 aromatic heterocycles. The van der Waals surface area contributed by atoms with E-state index in [0.717, 1.165) is 41.8 Å². The molecule has 13 heteroatoms. The van der Waals surface area contributed by atoms with Gasteiger partial charge in [0.05, 0.1) is 29.0 Å². The molecule has 2 heterocycles. The van der Waals surface area contributed by atoms with Crippen molar-refractivity contribution in [3.63, 3.8) is 0 Å². The average molecular weight is 630 g/mol. The topological polar surface area (TPSA) is 124 Å². The van der Waals surface area contributed by atoms with E-state index in [0.29, 0.717) is 49.5 Å². The molecule has 0 spiro atoms. The third-order valence-electron chi connectivity index (χ3n) is 8.78. The molecule has 9 nitrogen and oxygen atoms in total. The largest absolute Gasteiger partial charge is 0.573 e. The molecule has 44 heavy (non-hydrogen) atoms. The second kappa shape index (κ2) is 11.6. The summed E-state index contributed by atoms with van der Waals surface area (Å²) in [5.41, 5.74) is 3.12. The van der Waals surface area contributed by atoms with Gasteiger partial charge in [0, 0.05) is 42.4 Å². The second-order valence-electron chi connectivity index (χ2n) is 11.8. The Balaban J connectivity index is 1.33. The summed E-state index contributed by atoms with van der Waals surface area (Å²) < 4.78 is 63.8. The van der Waals surface area contributed by atoms with E-state index >= 15 is 0 Å². The first-order valence-corrected chi connectivity index (χ1v) is 16.6. The number of carbonyl (C=O) groups excluding carboxylic acids is 1. The van der Waals surface area contributed by atoms with E-state index in [1.807, 2.05) is 30.5 Å². The van der Waals surface area contributed by atoms with Crippen LogP contribution in [0.3, 0.4) is 0 Å². The second-order valence-corrected chi connectivity index (χ2v) is 14.3. The maximum absolute atomic E-state index is 13.5. The number of carbonyl (C=O) groups is 1. The number of ether oxygens (including phenoxy) is 1. The van der Waals surface area contributed by atoms with Crippen LogP contribution < -0.4 is 15.0 Å². The van der Waals surface area contributed by atoms with Crippen LogP contribution in [0.2, 0.25) is 0 Å². The molecule has 3 aliphatic rings. The van der Waals surface area contributed by atoms with E-state index in [-0.39, 0.29) is 23.5 Å². The highest BCUT2D eigenvalue weighted by Crippen LogP contribution is 2.44. The number of anilines is 1. The van der Waals surface area contributed by atoms with Crippen LogP contribution >= 0.6 is 10.6 Å². The minimum atomic E-state index is -4.80. The lowest BCUT2D eigenvalue weighted by molar-refractivity contribution is -0.274. The quantitative estimate of drug-likeness (QED) is 0.274. The number of alkyl halides is 3. The van der Waals surface area contributed by atoms with Gasteiger partial charge in [-0.25, -0.2) is 4.68 Å². The number of aromatic nitrogens is 2. The van der Waals surface area contributed by atoms with Crippen molar-refractivity contribution in [3.8, 4) is 28.6 Å². The number of nitrogens with one attached hydrogen (secondary N) is 1. The Morgan fingerprint density at radius 2 is 1.66 bits per heavy atom. The third-order valence-corrected chi connectivity index (χ3v) is 10.5. The summed E-state index contributed by atoms with van der Waals surface area (Å²) in [7, 11) is -2.52. The van der Waals surface area contributed by atoms with Gasteiger partial charge in [-0.2, -0.15) is 21.0 Å². The fraction of sp³-hybridized carbons (Fsp3) is 0.452. The molecular weight excluding hydrogens is 595 g/mol. The van der Waals surface area contributed by atoms with Crippen molar-refractivity contribution in [2.45, 2.75) is 56.3 Å². The SMILES string of the molecule is N#CC1(NC(=O)[C@@H]2CCCC[C@H]2c2nn(-c3ccc(OC(F)(F)F)cc3)cc2-c2ccc(N3CCS(O)(O)CC3)cc2)CC1. The van der Waals surface area contributed by atoms with Gasteiger partial charge in [-0.15, -0.1) is 13.2 Å². The van der Waals surface area contributed by atoms with Crippen LogP contribution in [0.1, 0.15) is 50.1 Å². The lowest BCUT2D eigenvalue weighted by Crippen LogP contribution is -2.42. The molecule has 6 rings (SSSR count). The molecule has 3 fully saturated rings. The van der Waals surface area contributed by atoms with Crippen molar-refractivity contribution in [3.05, 3.63) is 60.4 Å². The maximum atomic E-state index is 13.5. The molecule has 1 aliphatic heterocycles. The normalized spacial score (nSPS) is 23.3.